The maximum Gasteiger partial charge on any atom is 0.295 e. The summed E-state index contributed by atoms with van der Waals surface area (Å²) in [5.41, 5.74) is 1.33. The number of likely N-dealkylation sites (tertiary alicyclic amines) is 1. The molecule has 0 spiro atoms. The van der Waals surface area contributed by atoms with Crippen molar-refractivity contribution >= 4 is 33.4 Å². The minimum absolute atomic E-state index is 0.0267. The number of aliphatic hydroxyl groups excluding tert-OH is 1. The summed E-state index contributed by atoms with van der Waals surface area (Å²) in [5, 5.41) is 11.1. The normalized spacial score (nSPS) is 18.3. The number of carbonyl (C=O) groups is 2. The van der Waals surface area contributed by atoms with Crippen molar-refractivity contribution in [2.75, 3.05) is 27.2 Å². The molecule has 1 atom stereocenters. The number of halogens is 1. The molecule has 1 saturated heterocycles. The molecular formula is C24H27BrN2O4. The Morgan fingerprint density at radius 2 is 1.71 bits per heavy atom. The van der Waals surface area contributed by atoms with Gasteiger partial charge in [0, 0.05) is 23.1 Å². The van der Waals surface area contributed by atoms with Crippen molar-refractivity contribution in [2.45, 2.75) is 26.0 Å². The first-order valence-corrected chi connectivity index (χ1v) is 10.9. The van der Waals surface area contributed by atoms with E-state index in [0.29, 0.717) is 24.4 Å². The van der Waals surface area contributed by atoms with Crippen LogP contribution in [0.15, 0.2) is 58.6 Å². The maximum absolute atomic E-state index is 13.0. The summed E-state index contributed by atoms with van der Waals surface area (Å²) in [7, 11) is 3.82. The summed E-state index contributed by atoms with van der Waals surface area (Å²) < 4.78 is 6.54. The molecule has 0 radical (unpaired) electrons. The molecule has 2 aromatic carbocycles. The second-order valence-corrected chi connectivity index (χ2v) is 8.95. The van der Waals surface area contributed by atoms with E-state index in [0.717, 1.165) is 10.0 Å². The van der Waals surface area contributed by atoms with Crippen molar-refractivity contribution in [1.82, 2.24) is 9.80 Å². The number of amides is 1. The maximum atomic E-state index is 13.0. The summed E-state index contributed by atoms with van der Waals surface area (Å²) in [6, 6.07) is 13.7. The van der Waals surface area contributed by atoms with Gasteiger partial charge in [-0.1, -0.05) is 28.1 Å². The zero-order valence-electron chi connectivity index (χ0n) is 18.1. The van der Waals surface area contributed by atoms with Gasteiger partial charge in [-0.15, -0.1) is 0 Å². The highest BCUT2D eigenvalue weighted by Crippen LogP contribution is 2.39. The summed E-state index contributed by atoms with van der Waals surface area (Å²) in [4.78, 5) is 29.3. The summed E-state index contributed by atoms with van der Waals surface area (Å²) in [6.45, 7) is 4.83. The quantitative estimate of drug-likeness (QED) is 0.360. The van der Waals surface area contributed by atoms with Crippen LogP contribution in [-0.4, -0.2) is 59.9 Å². The van der Waals surface area contributed by atoms with Crippen LogP contribution in [0.5, 0.6) is 5.75 Å². The lowest BCUT2D eigenvalue weighted by molar-refractivity contribution is -0.140. The molecule has 1 amide bonds. The molecule has 1 heterocycles. The van der Waals surface area contributed by atoms with Crippen LogP contribution in [0, 0.1) is 0 Å². The zero-order valence-corrected chi connectivity index (χ0v) is 19.7. The first-order valence-electron chi connectivity index (χ1n) is 10.1. The summed E-state index contributed by atoms with van der Waals surface area (Å²) in [6.07, 6.45) is 0.0267. The molecule has 0 saturated carbocycles. The molecule has 1 fully saturated rings. The van der Waals surface area contributed by atoms with Gasteiger partial charge in [0.15, 0.2) is 0 Å². The van der Waals surface area contributed by atoms with Crippen LogP contribution in [0.25, 0.3) is 5.76 Å². The third kappa shape index (κ3) is 5.17. The van der Waals surface area contributed by atoms with E-state index in [1.807, 2.05) is 57.1 Å². The molecule has 2 aromatic rings. The van der Waals surface area contributed by atoms with Gasteiger partial charge in [-0.2, -0.15) is 0 Å². The van der Waals surface area contributed by atoms with Gasteiger partial charge < -0.3 is 19.6 Å². The molecule has 31 heavy (non-hydrogen) atoms. The third-order valence-corrected chi connectivity index (χ3v) is 5.54. The van der Waals surface area contributed by atoms with E-state index in [2.05, 4.69) is 15.9 Å². The van der Waals surface area contributed by atoms with Crippen LogP contribution >= 0.6 is 15.9 Å². The highest BCUT2D eigenvalue weighted by atomic mass is 79.9. The molecule has 1 aliphatic heterocycles. The van der Waals surface area contributed by atoms with Crippen LogP contribution < -0.4 is 4.74 Å². The van der Waals surface area contributed by atoms with E-state index >= 15 is 0 Å². The fourth-order valence-electron chi connectivity index (χ4n) is 3.53. The van der Waals surface area contributed by atoms with Crippen LogP contribution in [0.4, 0.5) is 0 Å². The Hall–Kier alpha value is -2.64. The molecule has 3 rings (SSSR count). The zero-order chi connectivity index (χ0) is 22.7. The standard InChI is InChI=1S/C24H27BrN2O4/c1-15(2)31-19-11-7-17(8-12-19)22(28)20-21(16-5-9-18(25)10-6-16)27(14-13-26(3)4)24(30)23(20)29/h5-12,15,21,28H,13-14H2,1-4H3/t21-/m1/s1. The van der Waals surface area contributed by atoms with Gasteiger partial charge in [0.1, 0.15) is 11.5 Å². The summed E-state index contributed by atoms with van der Waals surface area (Å²) in [5.74, 6) is -0.792. The van der Waals surface area contributed by atoms with Gasteiger partial charge in [0.2, 0.25) is 0 Å². The van der Waals surface area contributed by atoms with Crippen molar-refractivity contribution in [3.05, 3.63) is 69.7 Å². The Morgan fingerprint density at radius 1 is 1.10 bits per heavy atom. The second kappa shape index (κ2) is 9.66. The number of ether oxygens (including phenoxy) is 1. The largest absolute Gasteiger partial charge is 0.507 e. The predicted octanol–water partition coefficient (Wildman–Crippen LogP) is 4.22. The number of aliphatic hydroxyl groups is 1. The Bertz CT molecular complexity index is 982. The van der Waals surface area contributed by atoms with Crippen LogP contribution in [0.1, 0.15) is 31.0 Å². The topological polar surface area (TPSA) is 70.1 Å². The number of hydrogen-bond donors (Lipinski definition) is 1. The highest BCUT2D eigenvalue weighted by molar-refractivity contribution is 9.10. The van der Waals surface area contributed by atoms with Gasteiger partial charge >= 0.3 is 0 Å². The lowest BCUT2D eigenvalue weighted by Gasteiger charge is -2.26. The molecule has 1 aliphatic rings. The lowest BCUT2D eigenvalue weighted by atomic mass is 9.95. The Labute approximate surface area is 191 Å². The van der Waals surface area contributed by atoms with Crippen LogP contribution in [0.2, 0.25) is 0 Å². The van der Waals surface area contributed by atoms with E-state index in [9.17, 15) is 14.7 Å². The molecule has 7 heteroatoms. The van der Waals surface area contributed by atoms with Gasteiger partial charge in [0.25, 0.3) is 11.7 Å². The number of rotatable bonds is 7. The highest BCUT2D eigenvalue weighted by Gasteiger charge is 2.45. The molecular weight excluding hydrogens is 460 g/mol. The molecule has 0 aromatic heterocycles. The van der Waals surface area contributed by atoms with Crippen molar-refractivity contribution in [1.29, 1.82) is 0 Å². The van der Waals surface area contributed by atoms with Gasteiger partial charge in [0.05, 0.1) is 17.7 Å². The number of nitrogens with zero attached hydrogens (tertiary/aromatic N) is 2. The number of benzene rings is 2. The third-order valence-electron chi connectivity index (χ3n) is 5.01. The van der Waals surface area contributed by atoms with Crippen molar-refractivity contribution in [3.63, 3.8) is 0 Å². The number of hydrogen-bond acceptors (Lipinski definition) is 5. The van der Waals surface area contributed by atoms with E-state index < -0.39 is 17.7 Å². The van der Waals surface area contributed by atoms with Gasteiger partial charge in [-0.05, 0) is 69.9 Å². The number of carbonyl (C=O) groups excluding carboxylic acids is 2. The van der Waals surface area contributed by atoms with Crippen LogP contribution in [0.3, 0.4) is 0 Å². The molecule has 0 aliphatic carbocycles. The van der Waals surface area contributed by atoms with Crippen molar-refractivity contribution in [2.24, 2.45) is 0 Å². The Morgan fingerprint density at radius 3 is 2.26 bits per heavy atom. The van der Waals surface area contributed by atoms with E-state index in [4.69, 9.17) is 4.74 Å². The van der Waals surface area contributed by atoms with Crippen molar-refractivity contribution < 1.29 is 19.4 Å². The number of likely N-dealkylation sites (N-methyl/N-ethyl adjacent to an activating group) is 1. The van der Waals surface area contributed by atoms with Crippen LogP contribution in [-0.2, 0) is 9.59 Å². The fraction of sp³-hybridized carbons (Fsp3) is 0.333. The first kappa shape index (κ1) is 23.0. The summed E-state index contributed by atoms with van der Waals surface area (Å²) >= 11 is 3.42. The van der Waals surface area contributed by atoms with E-state index in [1.54, 1.807) is 24.3 Å². The smallest absolute Gasteiger partial charge is 0.295 e. The molecule has 0 bridgehead atoms. The van der Waals surface area contributed by atoms with Crippen molar-refractivity contribution in [3.8, 4) is 5.75 Å². The van der Waals surface area contributed by atoms with E-state index in [-0.39, 0.29) is 17.4 Å². The molecule has 6 nitrogen and oxygen atoms in total. The first-order chi connectivity index (χ1) is 14.7. The number of ketones is 1. The monoisotopic (exact) mass is 486 g/mol. The van der Waals surface area contributed by atoms with Gasteiger partial charge in [-0.25, -0.2) is 0 Å². The Balaban J connectivity index is 2.06. The minimum Gasteiger partial charge on any atom is -0.507 e. The lowest BCUT2D eigenvalue weighted by Crippen LogP contribution is -2.35. The molecule has 0 unspecified atom stereocenters. The van der Waals surface area contributed by atoms with Gasteiger partial charge in [-0.3, -0.25) is 9.59 Å². The minimum atomic E-state index is -0.674. The second-order valence-electron chi connectivity index (χ2n) is 8.04. The SMILES string of the molecule is CC(C)Oc1ccc(C(O)=C2C(=O)C(=O)N(CCN(C)C)[C@@H]2c2ccc(Br)cc2)cc1. The number of Topliss-reactive ketones (excluding diaryl/α,β-unsaturated/α-hetero) is 1. The molecule has 1 N–H and O–H groups in total. The predicted molar refractivity (Wildman–Crippen MR) is 124 cm³/mol. The average molecular weight is 487 g/mol. The molecule has 164 valence electrons. The fourth-order valence-corrected chi connectivity index (χ4v) is 3.79. The average Bonchev–Trinajstić information content (AvgIpc) is 2.97. The Kier molecular flexibility index (Phi) is 7.18. The van der Waals surface area contributed by atoms with E-state index in [1.165, 1.54) is 4.90 Å².